The van der Waals surface area contributed by atoms with Crippen LogP contribution in [0.25, 0.3) is 0 Å². The molecule has 0 spiro atoms. The number of benzene rings is 1. The van der Waals surface area contributed by atoms with Gasteiger partial charge in [-0.1, -0.05) is 0 Å². The van der Waals surface area contributed by atoms with Gasteiger partial charge in [-0.05, 0) is 61.8 Å². The third-order valence-corrected chi connectivity index (χ3v) is 6.20. The molecule has 0 unspecified atom stereocenters. The molecular weight excluding hydrogens is 386 g/mol. The number of aliphatic hydroxyl groups is 1. The highest BCUT2D eigenvalue weighted by Crippen LogP contribution is 2.28. The first-order valence-electron chi connectivity index (χ1n) is 9.23. The highest BCUT2D eigenvalue weighted by Gasteiger charge is 2.22. The molecule has 8 nitrogen and oxygen atoms in total. The molecule has 2 N–H and O–H groups in total. The third-order valence-electron chi connectivity index (χ3n) is 4.81. The Morgan fingerprint density at radius 3 is 2.29 bits per heavy atom. The summed E-state index contributed by atoms with van der Waals surface area (Å²) in [5.41, 5.74) is 0.218. The Hall–Kier alpha value is -2.26. The molecule has 28 heavy (non-hydrogen) atoms. The first-order chi connectivity index (χ1) is 13.4. The van der Waals surface area contributed by atoms with Crippen molar-refractivity contribution in [1.29, 1.82) is 0 Å². The normalized spacial score (nSPS) is 19.6. The van der Waals surface area contributed by atoms with Crippen LogP contribution in [0.3, 0.4) is 0 Å². The molecule has 0 heterocycles. The number of esters is 1. The average molecular weight is 411 g/mol. The predicted molar refractivity (Wildman–Crippen MR) is 99.9 cm³/mol. The highest BCUT2D eigenvalue weighted by atomic mass is 32.2. The summed E-state index contributed by atoms with van der Waals surface area (Å²) in [5, 5.41) is 9.14. The van der Waals surface area contributed by atoms with Crippen LogP contribution in [0.1, 0.15) is 48.9 Å². The van der Waals surface area contributed by atoms with Crippen LogP contribution in [0, 0.1) is 11.8 Å². The van der Waals surface area contributed by atoms with Gasteiger partial charge in [0.05, 0.1) is 17.1 Å². The summed E-state index contributed by atoms with van der Waals surface area (Å²) >= 11 is 0. The quantitative estimate of drug-likeness (QED) is 0.465. The second-order valence-corrected chi connectivity index (χ2v) is 8.61. The largest absolute Gasteiger partial charge is 0.462 e. The Morgan fingerprint density at radius 2 is 1.71 bits per heavy atom. The molecule has 154 valence electrons. The van der Waals surface area contributed by atoms with Gasteiger partial charge < -0.3 is 14.6 Å². The molecule has 1 amide bonds. The molecule has 0 aliphatic heterocycles. The Morgan fingerprint density at radius 1 is 1.11 bits per heavy atom. The Bertz CT molecular complexity index is 781. The molecular formula is C19H25NO7S. The monoisotopic (exact) mass is 411 g/mol. The van der Waals surface area contributed by atoms with E-state index in [9.17, 15) is 22.8 Å². The van der Waals surface area contributed by atoms with Crippen LogP contribution in [0.4, 0.5) is 0 Å². The van der Waals surface area contributed by atoms with Gasteiger partial charge in [0.25, 0.3) is 10.0 Å². The molecule has 1 fully saturated rings. The van der Waals surface area contributed by atoms with E-state index in [2.05, 4.69) is 0 Å². The number of aldehydes is 1. The van der Waals surface area contributed by atoms with Gasteiger partial charge in [0, 0.05) is 19.4 Å². The minimum atomic E-state index is -4.06. The molecule has 0 aromatic heterocycles. The fourth-order valence-electron chi connectivity index (χ4n) is 3.08. The van der Waals surface area contributed by atoms with Crippen LogP contribution in [0.5, 0.6) is 0 Å². The number of sulfonamides is 1. The lowest BCUT2D eigenvalue weighted by Gasteiger charge is -2.26. The second-order valence-electron chi connectivity index (χ2n) is 6.93. The molecule has 9 heteroatoms. The van der Waals surface area contributed by atoms with E-state index in [1.165, 1.54) is 24.3 Å². The van der Waals surface area contributed by atoms with Crippen molar-refractivity contribution in [2.24, 2.45) is 11.8 Å². The first kappa shape index (κ1) is 22.0. The van der Waals surface area contributed by atoms with E-state index in [0.29, 0.717) is 18.8 Å². The first-order valence-corrected chi connectivity index (χ1v) is 10.7. The van der Waals surface area contributed by atoms with Gasteiger partial charge in [0.2, 0.25) is 5.91 Å². The number of carbonyl (C=O) groups is 3. The summed E-state index contributed by atoms with van der Waals surface area (Å²) in [6.07, 6.45) is 3.90. The summed E-state index contributed by atoms with van der Waals surface area (Å²) in [6, 6.07) is 5.10. The summed E-state index contributed by atoms with van der Waals surface area (Å²) < 4.78 is 31.4. The van der Waals surface area contributed by atoms with Crippen molar-refractivity contribution in [1.82, 2.24) is 4.72 Å². The molecule has 0 atom stereocenters. The lowest BCUT2D eigenvalue weighted by molar-refractivity contribution is -0.121. The van der Waals surface area contributed by atoms with E-state index >= 15 is 0 Å². The average Bonchev–Trinajstić information content (AvgIpc) is 2.70. The van der Waals surface area contributed by atoms with Crippen LogP contribution in [0.2, 0.25) is 0 Å². The zero-order chi connectivity index (χ0) is 20.6. The number of hydrogen-bond acceptors (Lipinski definition) is 7. The number of aliphatic hydroxyl groups excluding tert-OH is 1. The smallest absolute Gasteiger partial charge is 0.338 e. The Kier molecular flexibility index (Phi) is 8.13. The fraction of sp³-hybridized carbons (Fsp3) is 0.526. The fourth-order valence-corrected chi connectivity index (χ4v) is 4.09. The molecule has 1 aliphatic rings. The standard InChI is InChI=1S/C19H25NO7S/c21-11-1-2-18(23)20-28(25,26)17-9-7-16(8-10-17)19(24)27-13-15-5-3-14(12-22)4-6-15/h7-11,14-15,22H,1-6,12-13H2,(H,20,23). The van der Waals surface area contributed by atoms with Gasteiger partial charge in [0.15, 0.2) is 0 Å². The van der Waals surface area contributed by atoms with Gasteiger partial charge in [-0.25, -0.2) is 17.9 Å². The van der Waals surface area contributed by atoms with Gasteiger partial charge in [0.1, 0.15) is 6.29 Å². The summed E-state index contributed by atoms with van der Waals surface area (Å²) in [6.45, 7) is 0.489. The van der Waals surface area contributed by atoms with Gasteiger partial charge in [-0.2, -0.15) is 0 Å². The Labute approximate surface area is 164 Å². The number of ether oxygens (including phenoxy) is 1. The molecule has 1 saturated carbocycles. The second kappa shape index (κ2) is 10.3. The lowest BCUT2D eigenvalue weighted by Crippen LogP contribution is -2.30. The molecule has 1 aliphatic carbocycles. The zero-order valence-corrected chi connectivity index (χ0v) is 16.3. The SMILES string of the molecule is O=CCCC(=O)NS(=O)(=O)c1ccc(C(=O)OCC2CCC(CO)CC2)cc1. The molecule has 0 radical (unpaired) electrons. The predicted octanol–water partition coefficient (Wildman–Crippen LogP) is 1.43. The van der Waals surface area contributed by atoms with Crippen LogP contribution in [0.15, 0.2) is 29.2 Å². The number of carbonyl (C=O) groups excluding carboxylic acids is 3. The molecule has 0 bridgehead atoms. The number of nitrogens with one attached hydrogen (secondary N) is 1. The van der Waals surface area contributed by atoms with E-state index in [1.807, 2.05) is 4.72 Å². The maximum absolute atomic E-state index is 12.2. The van der Waals surface area contributed by atoms with Crippen LogP contribution < -0.4 is 4.72 Å². The van der Waals surface area contributed by atoms with Crippen molar-refractivity contribution in [3.8, 4) is 0 Å². The van der Waals surface area contributed by atoms with Crippen LogP contribution in [-0.4, -0.2) is 44.9 Å². The highest BCUT2D eigenvalue weighted by molar-refractivity contribution is 7.90. The summed E-state index contributed by atoms with van der Waals surface area (Å²) in [7, 11) is -4.06. The minimum Gasteiger partial charge on any atom is -0.462 e. The van der Waals surface area contributed by atoms with E-state index in [4.69, 9.17) is 9.84 Å². The van der Waals surface area contributed by atoms with E-state index in [0.717, 1.165) is 25.7 Å². The van der Waals surface area contributed by atoms with Crippen molar-refractivity contribution in [2.45, 2.75) is 43.4 Å². The van der Waals surface area contributed by atoms with Crippen molar-refractivity contribution in [2.75, 3.05) is 13.2 Å². The number of hydrogen-bond donors (Lipinski definition) is 2. The minimum absolute atomic E-state index is 0.0617. The molecule has 1 aromatic carbocycles. The van der Waals surface area contributed by atoms with E-state index < -0.39 is 21.9 Å². The third kappa shape index (κ3) is 6.42. The Balaban J connectivity index is 1.88. The molecule has 2 rings (SSSR count). The lowest BCUT2D eigenvalue weighted by atomic mass is 9.83. The van der Waals surface area contributed by atoms with Crippen LogP contribution >= 0.6 is 0 Å². The molecule has 1 aromatic rings. The molecule has 0 saturated heterocycles. The maximum Gasteiger partial charge on any atom is 0.338 e. The van der Waals surface area contributed by atoms with Crippen molar-refractivity contribution in [3.63, 3.8) is 0 Å². The van der Waals surface area contributed by atoms with Crippen molar-refractivity contribution < 1.29 is 32.6 Å². The van der Waals surface area contributed by atoms with E-state index in [-0.39, 0.29) is 35.8 Å². The summed E-state index contributed by atoms with van der Waals surface area (Å²) in [4.78, 5) is 33.7. The number of amides is 1. The topological polar surface area (TPSA) is 127 Å². The number of rotatable bonds is 9. The van der Waals surface area contributed by atoms with Gasteiger partial charge >= 0.3 is 5.97 Å². The van der Waals surface area contributed by atoms with E-state index in [1.54, 1.807) is 0 Å². The van der Waals surface area contributed by atoms with Gasteiger partial charge in [-0.15, -0.1) is 0 Å². The van der Waals surface area contributed by atoms with Crippen molar-refractivity contribution in [3.05, 3.63) is 29.8 Å². The summed E-state index contributed by atoms with van der Waals surface area (Å²) in [5.74, 6) is -0.705. The maximum atomic E-state index is 12.2. The zero-order valence-electron chi connectivity index (χ0n) is 15.5. The van der Waals surface area contributed by atoms with Crippen LogP contribution in [-0.2, 0) is 24.3 Å². The van der Waals surface area contributed by atoms with Crippen molar-refractivity contribution >= 4 is 28.2 Å². The van der Waals surface area contributed by atoms with Gasteiger partial charge in [-0.3, -0.25) is 4.79 Å².